The molecule has 0 bridgehead atoms. The minimum atomic E-state index is -0.471. The number of nitrogens with two attached hydrogens (primary N) is 1. The molecule has 0 saturated carbocycles. The standard InChI is InChI=1S/C30H31FN6O2.CH4/c1-3-4-15-39-27-8-5-22(17-25(27)31)26-19-34-29-28(33-11-14-37(26)29)35-23-6-7-24(20(2)16-23)30(38)36-12-9-21(18-32)10-13-36;/h5-8,11,14,16-17,19,21H,9-10,12-13,15,18,32H2,1-2H3,(H,33,35);1H4. The summed E-state index contributed by atoms with van der Waals surface area (Å²) in [6, 6.07) is 10.5. The number of hydrogen-bond acceptors (Lipinski definition) is 6. The second-order valence-corrected chi connectivity index (χ2v) is 9.60. The van der Waals surface area contributed by atoms with E-state index in [1.165, 1.54) is 6.07 Å². The van der Waals surface area contributed by atoms with Gasteiger partial charge in [-0.25, -0.2) is 14.4 Å². The molecule has 1 aliphatic heterocycles. The molecule has 2 aromatic carbocycles. The topological polar surface area (TPSA) is 97.8 Å². The highest BCUT2D eigenvalue weighted by Crippen LogP contribution is 2.29. The van der Waals surface area contributed by atoms with Gasteiger partial charge in [0.15, 0.2) is 23.0 Å². The molecule has 4 aromatic rings. The zero-order chi connectivity index (χ0) is 27.4. The van der Waals surface area contributed by atoms with Crippen molar-refractivity contribution < 1.29 is 13.9 Å². The maximum absolute atomic E-state index is 14.7. The largest absolute Gasteiger partial charge is 0.478 e. The predicted molar refractivity (Wildman–Crippen MR) is 156 cm³/mol. The van der Waals surface area contributed by atoms with Crippen LogP contribution in [0.15, 0.2) is 55.0 Å². The monoisotopic (exact) mass is 542 g/mol. The van der Waals surface area contributed by atoms with Gasteiger partial charge in [-0.05, 0) is 81.1 Å². The summed E-state index contributed by atoms with van der Waals surface area (Å²) in [5.74, 6) is 6.25. The first kappa shape index (κ1) is 28.6. The van der Waals surface area contributed by atoms with Gasteiger partial charge in [-0.1, -0.05) is 13.3 Å². The smallest absolute Gasteiger partial charge is 0.254 e. The number of aryl methyl sites for hydroxylation is 1. The minimum absolute atomic E-state index is 0. The van der Waals surface area contributed by atoms with E-state index in [1.807, 2.05) is 34.4 Å². The molecular formula is C31H35FN6O2. The van der Waals surface area contributed by atoms with Gasteiger partial charge in [0.05, 0.1) is 11.9 Å². The average Bonchev–Trinajstić information content (AvgIpc) is 3.39. The number of imidazole rings is 1. The third kappa shape index (κ3) is 5.92. The van der Waals surface area contributed by atoms with E-state index >= 15 is 0 Å². The van der Waals surface area contributed by atoms with Gasteiger partial charge in [0.25, 0.3) is 5.91 Å². The first-order valence-corrected chi connectivity index (χ1v) is 13.0. The molecule has 0 aliphatic carbocycles. The highest BCUT2D eigenvalue weighted by molar-refractivity contribution is 5.96. The van der Waals surface area contributed by atoms with Gasteiger partial charge in [-0.2, -0.15) is 0 Å². The van der Waals surface area contributed by atoms with Crippen LogP contribution in [0.25, 0.3) is 16.9 Å². The fourth-order valence-electron chi connectivity index (χ4n) is 4.84. The molecule has 2 aromatic heterocycles. The first-order valence-electron chi connectivity index (χ1n) is 13.0. The van der Waals surface area contributed by atoms with Crippen molar-refractivity contribution in [3.8, 4) is 28.8 Å². The van der Waals surface area contributed by atoms with Gasteiger partial charge in [0, 0.05) is 42.3 Å². The van der Waals surface area contributed by atoms with E-state index in [4.69, 9.17) is 10.5 Å². The van der Waals surface area contributed by atoms with Crippen molar-refractivity contribution in [1.29, 1.82) is 0 Å². The van der Waals surface area contributed by atoms with Crippen LogP contribution < -0.4 is 15.8 Å². The summed E-state index contributed by atoms with van der Waals surface area (Å²) in [5.41, 5.74) is 10.1. The van der Waals surface area contributed by atoms with Crippen LogP contribution >= 0.6 is 0 Å². The Hall–Kier alpha value is -4.42. The molecule has 208 valence electrons. The van der Waals surface area contributed by atoms with Crippen molar-refractivity contribution in [3.63, 3.8) is 0 Å². The number of piperidine rings is 1. The van der Waals surface area contributed by atoms with Crippen LogP contribution in [0.1, 0.15) is 43.1 Å². The summed E-state index contributed by atoms with van der Waals surface area (Å²) in [4.78, 5) is 24.0. The van der Waals surface area contributed by atoms with Crippen molar-refractivity contribution in [2.24, 2.45) is 11.7 Å². The number of carbonyl (C=O) groups is 1. The van der Waals surface area contributed by atoms with Crippen LogP contribution in [0.2, 0.25) is 0 Å². The van der Waals surface area contributed by atoms with Gasteiger partial charge >= 0.3 is 0 Å². The first-order chi connectivity index (χ1) is 19.0. The van der Waals surface area contributed by atoms with E-state index in [9.17, 15) is 9.18 Å². The molecule has 40 heavy (non-hydrogen) atoms. The molecule has 0 unspecified atom stereocenters. The number of aromatic nitrogens is 3. The lowest BCUT2D eigenvalue weighted by Gasteiger charge is -2.31. The normalized spacial score (nSPS) is 13.3. The molecule has 1 fully saturated rings. The second kappa shape index (κ2) is 12.6. The van der Waals surface area contributed by atoms with E-state index in [0.29, 0.717) is 40.7 Å². The molecule has 5 rings (SSSR count). The number of amides is 1. The molecule has 0 atom stereocenters. The van der Waals surface area contributed by atoms with Gasteiger partial charge in [0.1, 0.15) is 6.61 Å². The summed E-state index contributed by atoms with van der Waals surface area (Å²) >= 11 is 0. The number of halogens is 1. The number of anilines is 2. The number of hydrogen-bond donors (Lipinski definition) is 2. The number of nitrogens with zero attached hydrogens (tertiary/aromatic N) is 4. The van der Waals surface area contributed by atoms with E-state index in [2.05, 4.69) is 27.1 Å². The molecule has 8 nitrogen and oxygen atoms in total. The SMILES string of the molecule is C.CC#CCOc1ccc(-c2cnc3c(Nc4ccc(C(=O)N5CCC(CN)CC5)c(C)c4)nccn23)cc1F. The lowest BCUT2D eigenvalue weighted by atomic mass is 9.96. The second-order valence-electron chi connectivity index (χ2n) is 9.60. The molecule has 0 spiro atoms. The van der Waals surface area contributed by atoms with Crippen LogP contribution in [0, 0.1) is 30.5 Å². The fourth-order valence-corrected chi connectivity index (χ4v) is 4.84. The maximum Gasteiger partial charge on any atom is 0.254 e. The molecule has 1 saturated heterocycles. The Bertz CT molecular complexity index is 1560. The number of benzene rings is 2. The fraction of sp³-hybridized carbons (Fsp3) is 0.323. The van der Waals surface area contributed by atoms with Crippen molar-refractivity contribution in [3.05, 3.63) is 71.9 Å². The van der Waals surface area contributed by atoms with Gasteiger partial charge in [-0.3, -0.25) is 9.20 Å². The summed E-state index contributed by atoms with van der Waals surface area (Å²) < 4.78 is 21.9. The third-order valence-corrected chi connectivity index (χ3v) is 7.09. The lowest BCUT2D eigenvalue weighted by Crippen LogP contribution is -2.40. The molecule has 1 amide bonds. The number of nitrogens with one attached hydrogen (secondary N) is 1. The molecule has 3 heterocycles. The Balaban J connectivity index is 0.00000370. The van der Waals surface area contributed by atoms with Crippen LogP contribution in [-0.2, 0) is 0 Å². The number of likely N-dealkylation sites (tertiary alicyclic amines) is 1. The number of carbonyl (C=O) groups excluding carboxylic acids is 1. The van der Waals surface area contributed by atoms with E-state index in [-0.39, 0.29) is 25.7 Å². The maximum atomic E-state index is 14.7. The van der Waals surface area contributed by atoms with Crippen molar-refractivity contribution >= 4 is 23.1 Å². The third-order valence-electron chi connectivity index (χ3n) is 7.09. The summed E-state index contributed by atoms with van der Waals surface area (Å²) in [7, 11) is 0. The van der Waals surface area contributed by atoms with E-state index in [1.54, 1.807) is 37.6 Å². The average molecular weight is 543 g/mol. The Kier molecular flexibility index (Phi) is 9.02. The van der Waals surface area contributed by atoms with E-state index in [0.717, 1.165) is 37.2 Å². The minimum Gasteiger partial charge on any atom is -0.478 e. The summed E-state index contributed by atoms with van der Waals surface area (Å²) in [5, 5.41) is 3.32. The Labute approximate surface area is 234 Å². The number of fused-ring (bicyclic) bond motifs is 1. The zero-order valence-corrected chi connectivity index (χ0v) is 22.1. The van der Waals surface area contributed by atoms with Gasteiger partial charge < -0.3 is 20.7 Å². The quantitative estimate of drug-likeness (QED) is 0.302. The number of ether oxygens (including phenoxy) is 1. The van der Waals surface area contributed by atoms with Gasteiger partial charge in [0.2, 0.25) is 0 Å². The molecule has 0 radical (unpaired) electrons. The molecule has 1 aliphatic rings. The Morgan fingerprint density at radius 2 is 2.00 bits per heavy atom. The molecular weight excluding hydrogens is 507 g/mol. The lowest BCUT2D eigenvalue weighted by molar-refractivity contribution is 0.0692. The zero-order valence-electron chi connectivity index (χ0n) is 22.1. The summed E-state index contributed by atoms with van der Waals surface area (Å²) in [6.45, 7) is 5.92. The molecule has 9 heteroatoms. The van der Waals surface area contributed by atoms with Gasteiger partial charge in [-0.15, -0.1) is 5.92 Å². The Morgan fingerprint density at radius 3 is 2.70 bits per heavy atom. The van der Waals surface area contributed by atoms with E-state index < -0.39 is 5.82 Å². The van der Waals surface area contributed by atoms with Crippen molar-refractivity contribution in [1.82, 2.24) is 19.3 Å². The number of rotatable bonds is 7. The van der Waals surface area contributed by atoms with Crippen LogP contribution in [0.3, 0.4) is 0 Å². The highest BCUT2D eigenvalue weighted by atomic mass is 19.1. The highest BCUT2D eigenvalue weighted by Gasteiger charge is 2.24. The van der Waals surface area contributed by atoms with Crippen LogP contribution in [-0.4, -0.2) is 51.4 Å². The summed E-state index contributed by atoms with van der Waals surface area (Å²) in [6.07, 6.45) is 7.01. The molecule has 3 N–H and O–H groups in total. The van der Waals surface area contributed by atoms with Crippen molar-refractivity contribution in [2.45, 2.75) is 34.1 Å². The van der Waals surface area contributed by atoms with Crippen molar-refractivity contribution in [2.75, 3.05) is 31.6 Å². The predicted octanol–water partition coefficient (Wildman–Crippen LogP) is 5.44. The van der Waals surface area contributed by atoms with Crippen LogP contribution in [0.4, 0.5) is 15.9 Å². The van der Waals surface area contributed by atoms with Crippen LogP contribution in [0.5, 0.6) is 5.75 Å². The Morgan fingerprint density at radius 1 is 1.20 bits per heavy atom.